The molecular weight excluding hydrogens is 300 g/mol. The van der Waals surface area contributed by atoms with Crippen LogP contribution in [0.15, 0.2) is 42.0 Å². The summed E-state index contributed by atoms with van der Waals surface area (Å²) in [6.07, 6.45) is 1.65. The van der Waals surface area contributed by atoms with Crippen molar-refractivity contribution >= 4 is 22.8 Å². The van der Waals surface area contributed by atoms with Crippen LogP contribution in [0, 0.1) is 11.3 Å². The van der Waals surface area contributed by atoms with Gasteiger partial charge in [0.05, 0.1) is 6.61 Å². The van der Waals surface area contributed by atoms with E-state index < -0.39 is 0 Å². The van der Waals surface area contributed by atoms with Gasteiger partial charge in [-0.2, -0.15) is 5.26 Å². The zero-order chi connectivity index (χ0) is 17.5. The van der Waals surface area contributed by atoms with E-state index in [2.05, 4.69) is 0 Å². The van der Waals surface area contributed by atoms with E-state index in [9.17, 15) is 10.1 Å². The average Bonchev–Trinajstić information content (AvgIpc) is 2.61. The number of carbonyl (C=O) groups is 1. The molecule has 0 atom stereocenters. The van der Waals surface area contributed by atoms with Gasteiger partial charge in [0.2, 0.25) is 0 Å². The highest BCUT2D eigenvalue weighted by Crippen LogP contribution is 2.30. The van der Waals surface area contributed by atoms with E-state index in [0.717, 1.165) is 16.3 Å². The summed E-state index contributed by atoms with van der Waals surface area (Å²) >= 11 is 0. The number of ether oxygens (including phenoxy) is 1. The van der Waals surface area contributed by atoms with Crippen molar-refractivity contribution in [2.75, 3.05) is 19.7 Å². The number of hydrogen-bond donors (Lipinski definition) is 0. The normalized spacial score (nSPS) is 11.2. The molecule has 2 rings (SSSR count). The summed E-state index contributed by atoms with van der Waals surface area (Å²) in [5, 5.41) is 11.5. The highest BCUT2D eigenvalue weighted by molar-refractivity contribution is 6.05. The predicted octanol–water partition coefficient (Wildman–Crippen LogP) is 4.01. The van der Waals surface area contributed by atoms with Gasteiger partial charge >= 0.3 is 0 Å². The summed E-state index contributed by atoms with van der Waals surface area (Å²) in [6.45, 7) is 7.38. The highest BCUT2D eigenvalue weighted by Gasteiger charge is 2.17. The SMILES string of the molecule is CCOc1ccc2ccccc2c1C=C(C#N)C(=O)N(CC)CC. The molecule has 0 aromatic heterocycles. The number of rotatable bonds is 6. The highest BCUT2D eigenvalue weighted by atomic mass is 16.5. The summed E-state index contributed by atoms with van der Waals surface area (Å²) < 4.78 is 5.70. The summed E-state index contributed by atoms with van der Waals surface area (Å²) in [4.78, 5) is 14.2. The molecule has 0 aliphatic carbocycles. The Bertz CT molecular complexity index is 799. The van der Waals surface area contributed by atoms with Gasteiger partial charge in [-0.1, -0.05) is 30.3 Å². The molecule has 2 aromatic rings. The van der Waals surface area contributed by atoms with Crippen LogP contribution in [-0.4, -0.2) is 30.5 Å². The maximum Gasteiger partial charge on any atom is 0.264 e. The van der Waals surface area contributed by atoms with Crippen LogP contribution in [-0.2, 0) is 4.79 Å². The van der Waals surface area contributed by atoms with Crippen LogP contribution in [0.4, 0.5) is 0 Å². The molecule has 0 fully saturated rings. The fraction of sp³-hybridized carbons (Fsp3) is 0.300. The molecule has 0 heterocycles. The van der Waals surface area contributed by atoms with Crippen molar-refractivity contribution in [1.29, 1.82) is 5.26 Å². The second-order valence-electron chi connectivity index (χ2n) is 5.28. The molecule has 0 spiro atoms. The van der Waals surface area contributed by atoms with Crippen LogP contribution in [0.25, 0.3) is 16.8 Å². The first-order valence-corrected chi connectivity index (χ1v) is 8.21. The first kappa shape index (κ1) is 17.6. The zero-order valence-electron chi connectivity index (χ0n) is 14.4. The predicted molar refractivity (Wildman–Crippen MR) is 96.6 cm³/mol. The standard InChI is InChI=1S/C20H22N2O2/c1-4-22(5-2)20(23)16(14-21)13-18-17-10-8-7-9-15(17)11-12-19(18)24-6-3/h7-13H,4-6H2,1-3H3. The molecule has 1 amide bonds. The van der Waals surface area contributed by atoms with Crippen LogP contribution < -0.4 is 4.74 Å². The van der Waals surface area contributed by atoms with E-state index in [4.69, 9.17) is 4.74 Å². The van der Waals surface area contributed by atoms with Crippen molar-refractivity contribution in [3.8, 4) is 11.8 Å². The lowest BCUT2D eigenvalue weighted by Gasteiger charge is -2.18. The number of nitrogens with zero attached hydrogens (tertiary/aromatic N) is 2. The fourth-order valence-corrected chi connectivity index (χ4v) is 2.67. The van der Waals surface area contributed by atoms with Gasteiger partial charge < -0.3 is 9.64 Å². The van der Waals surface area contributed by atoms with Crippen molar-refractivity contribution < 1.29 is 9.53 Å². The number of likely N-dealkylation sites (N-methyl/N-ethyl adjacent to an activating group) is 1. The van der Waals surface area contributed by atoms with E-state index in [1.807, 2.05) is 63.2 Å². The van der Waals surface area contributed by atoms with E-state index >= 15 is 0 Å². The lowest BCUT2D eigenvalue weighted by atomic mass is 10.0. The van der Waals surface area contributed by atoms with E-state index in [0.29, 0.717) is 25.4 Å². The van der Waals surface area contributed by atoms with Gasteiger partial charge in [-0.25, -0.2) is 0 Å². The second kappa shape index (κ2) is 8.16. The topological polar surface area (TPSA) is 53.3 Å². The Morgan fingerprint density at radius 2 is 1.88 bits per heavy atom. The zero-order valence-corrected chi connectivity index (χ0v) is 14.4. The lowest BCUT2D eigenvalue weighted by Crippen LogP contribution is -2.31. The van der Waals surface area contributed by atoms with Crippen LogP contribution in [0.2, 0.25) is 0 Å². The van der Waals surface area contributed by atoms with Crippen LogP contribution in [0.5, 0.6) is 5.75 Å². The van der Waals surface area contributed by atoms with Crippen LogP contribution in [0.1, 0.15) is 26.3 Å². The molecular formula is C20H22N2O2. The van der Waals surface area contributed by atoms with Crippen molar-refractivity contribution in [3.05, 3.63) is 47.5 Å². The molecule has 124 valence electrons. The molecule has 0 bridgehead atoms. The molecule has 0 saturated heterocycles. The van der Waals surface area contributed by atoms with E-state index in [1.165, 1.54) is 0 Å². The minimum atomic E-state index is -0.252. The Hall–Kier alpha value is -2.80. The number of nitriles is 1. The maximum absolute atomic E-state index is 12.5. The third-order valence-electron chi connectivity index (χ3n) is 3.92. The number of amides is 1. The second-order valence-corrected chi connectivity index (χ2v) is 5.28. The molecule has 4 nitrogen and oxygen atoms in total. The minimum absolute atomic E-state index is 0.121. The summed E-state index contributed by atoms with van der Waals surface area (Å²) in [7, 11) is 0. The average molecular weight is 322 g/mol. The van der Waals surface area contributed by atoms with E-state index in [-0.39, 0.29) is 11.5 Å². The van der Waals surface area contributed by atoms with E-state index in [1.54, 1.807) is 11.0 Å². The Morgan fingerprint density at radius 1 is 1.17 bits per heavy atom. The Morgan fingerprint density at radius 3 is 2.50 bits per heavy atom. The molecule has 4 heteroatoms. The molecule has 0 radical (unpaired) electrons. The van der Waals surface area contributed by atoms with Gasteiger partial charge in [0, 0.05) is 18.7 Å². The molecule has 24 heavy (non-hydrogen) atoms. The molecule has 0 saturated carbocycles. The van der Waals surface area contributed by atoms with Gasteiger partial charge in [-0.3, -0.25) is 4.79 Å². The van der Waals surface area contributed by atoms with Crippen LogP contribution in [0.3, 0.4) is 0 Å². The monoisotopic (exact) mass is 322 g/mol. The minimum Gasteiger partial charge on any atom is -0.493 e. The first-order valence-electron chi connectivity index (χ1n) is 8.21. The van der Waals surface area contributed by atoms with Crippen molar-refractivity contribution in [2.24, 2.45) is 0 Å². The van der Waals surface area contributed by atoms with Crippen molar-refractivity contribution in [2.45, 2.75) is 20.8 Å². The fourth-order valence-electron chi connectivity index (χ4n) is 2.67. The summed E-state index contributed by atoms with van der Waals surface area (Å²) in [5.74, 6) is 0.425. The summed E-state index contributed by atoms with van der Waals surface area (Å²) in [5.41, 5.74) is 0.892. The molecule has 0 aliphatic rings. The summed E-state index contributed by atoms with van der Waals surface area (Å²) in [6, 6.07) is 13.8. The number of hydrogen-bond acceptors (Lipinski definition) is 3. The Balaban J connectivity index is 2.62. The molecule has 0 unspecified atom stereocenters. The number of fused-ring (bicyclic) bond motifs is 1. The number of carbonyl (C=O) groups excluding carboxylic acids is 1. The van der Waals surface area contributed by atoms with Crippen LogP contribution >= 0.6 is 0 Å². The van der Waals surface area contributed by atoms with Gasteiger partial charge in [-0.05, 0) is 43.7 Å². The molecule has 2 aromatic carbocycles. The van der Waals surface area contributed by atoms with Gasteiger partial charge in [0.15, 0.2) is 0 Å². The number of benzene rings is 2. The van der Waals surface area contributed by atoms with Crippen molar-refractivity contribution in [1.82, 2.24) is 4.90 Å². The largest absolute Gasteiger partial charge is 0.493 e. The Kier molecular flexibility index (Phi) is 5.97. The Labute approximate surface area is 143 Å². The first-order chi connectivity index (χ1) is 11.7. The third kappa shape index (κ3) is 3.57. The van der Waals surface area contributed by atoms with Crippen molar-refractivity contribution in [3.63, 3.8) is 0 Å². The third-order valence-corrected chi connectivity index (χ3v) is 3.92. The van der Waals surface area contributed by atoms with Gasteiger partial charge in [0.25, 0.3) is 5.91 Å². The quantitative estimate of drug-likeness (QED) is 0.596. The molecule has 0 N–H and O–H groups in total. The van der Waals surface area contributed by atoms with Gasteiger partial charge in [-0.15, -0.1) is 0 Å². The smallest absolute Gasteiger partial charge is 0.264 e. The van der Waals surface area contributed by atoms with Gasteiger partial charge in [0.1, 0.15) is 17.4 Å². The lowest BCUT2D eigenvalue weighted by molar-refractivity contribution is -0.126. The molecule has 0 aliphatic heterocycles. The maximum atomic E-state index is 12.5.